The summed E-state index contributed by atoms with van der Waals surface area (Å²) in [5, 5.41) is 9.01. The van der Waals surface area contributed by atoms with Crippen molar-refractivity contribution in [2.75, 3.05) is 13.6 Å². The number of sulfonamides is 1. The second-order valence-corrected chi connectivity index (χ2v) is 6.79. The second-order valence-electron chi connectivity index (χ2n) is 4.74. The second kappa shape index (κ2) is 5.68. The average molecular weight is 328 g/mol. The van der Waals surface area contributed by atoms with Gasteiger partial charge in [0.05, 0.1) is 0 Å². The molecule has 0 saturated heterocycles. The molecule has 0 fully saturated rings. The van der Waals surface area contributed by atoms with E-state index < -0.39 is 33.6 Å². The summed E-state index contributed by atoms with van der Waals surface area (Å²) < 4.78 is 62.3. The molecule has 1 heterocycles. The summed E-state index contributed by atoms with van der Waals surface area (Å²) in [6, 6.07) is 0.498. The van der Waals surface area contributed by atoms with Crippen molar-refractivity contribution in [2.24, 2.45) is 0 Å². The predicted octanol–water partition coefficient (Wildman–Crippen LogP) is 1.95. The van der Waals surface area contributed by atoms with Crippen LogP contribution in [0, 0.1) is 0 Å². The molecule has 0 bridgehead atoms. The molecule has 0 spiro atoms. The molecule has 0 aromatic carbocycles. The molecule has 21 heavy (non-hydrogen) atoms. The Hall–Kier alpha value is -1.55. The zero-order chi connectivity index (χ0) is 16.6. The molecule has 0 aliphatic carbocycles. The molecular weight excluding hydrogens is 313 g/mol. The lowest BCUT2D eigenvalue weighted by Crippen LogP contribution is -2.35. The molecule has 0 unspecified atom stereocenters. The van der Waals surface area contributed by atoms with Crippen molar-refractivity contribution in [3.63, 3.8) is 0 Å². The number of hydrogen-bond acceptors (Lipinski definition) is 3. The third kappa shape index (κ3) is 3.97. The topological polar surface area (TPSA) is 79.6 Å². The largest absolute Gasteiger partial charge is 0.477 e. The van der Waals surface area contributed by atoms with Gasteiger partial charge in [-0.25, -0.2) is 13.2 Å². The maximum Gasteiger partial charge on any atom is 0.402 e. The van der Waals surface area contributed by atoms with Gasteiger partial charge in [0, 0.05) is 19.3 Å². The van der Waals surface area contributed by atoms with Crippen molar-refractivity contribution in [3.05, 3.63) is 18.0 Å². The maximum atomic E-state index is 12.3. The smallest absolute Gasteiger partial charge is 0.402 e. The van der Waals surface area contributed by atoms with Gasteiger partial charge >= 0.3 is 12.1 Å². The van der Waals surface area contributed by atoms with Crippen LogP contribution >= 0.6 is 0 Å². The lowest BCUT2D eigenvalue weighted by Gasteiger charge is -2.17. The number of aromatic nitrogens is 1. The molecular formula is C11H15F3N2O4S. The number of carboxylic acid groups (broad SMARTS) is 1. The normalized spacial score (nSPS) is 13.1. The quantitative estimate of drug-likeness (QED) is 0.896. The highest BCUT2D eigenvalue weighted by molar-refractivity contribution is 7.89. The summed E-state index contributed by atoms with van der Waals surface area (Å²) in [5.74, 6) is -1.36. The van der Waals surface area contributed by atoms with Gasteiger partial charge in [0.25, 0.3) is 0 Å². The molecule has 0 aliphatic heterocycles. The molecule has 0 amide bonds. The Kier molecular flexibility index (Phi) is 4.73. The summed E-state index contributed by atoms with van der Waals surface area (Å²) in [6.07, 6.45) is -3.66. The standard InChI is InChI=1S/C11H15F3N2O4S/c1-7(2)16-5-8(4-9(16)10(17)18)21(19,20)15(3)6-11(12,13)14/h4-5,7H,6H2,1-3H3,(H,17,18). The van der Waals surface area contributed by atoms with Crippen molar-refractivity contribution in [1.82, 2.24) is 8.87 Å². The molecule has 0 radical (unpaired) electrons. The maximum absolute atomic E-state index is 12.3. The van der Waals surface area contributed by atoms with Gasteiger partial charge in [0.1, 0.15) is 17.1 Å². The van der Waals surface area contributed by atoms with E-state index in [2.05, 4.69) is 0 Å². The molecule has 0 atom stereocenters. The minimum absolute atomic E-state index is 0.138. The van der Waals surface area contributed by atoms with Crippen molar-refractivity contribution in [2.45, 2.75) is 31.0 Å². The van der Waals surface area contributed by atoms with Crippen molar-refractivity contribution in [3.8, 4) is 0 Å². The Balaban J connectivity index is 3.27. The van der Waals surface area contributed by atoms with E-state index in [1.54, 1.807) is 13.8 Å². The minimum atomic E-state index is -4.68. The Morgan fingerprint density at radius 2 is 1.95 bits per heavy atom. The zero-order valence-electron chi connectivity index (χ0n) is 11.5. The number of rotatable bonds is 5. The number of halogens is 3. The van der Waals surface area contributed by atoms with Crippen LogP contribution in [-0.2, 0) is 10.0 Å². The fourth-order valence-corrected chi connectivity index (χ4v) is 2.89. The molecule has 120 valence electrons. The molecule has 0 saturated carbocycles. The van der Waals surface area contributed by atoms with Gasteiger partial charge in [-0.2, -0.15) is 17.5 Å². The van der Waals surface area contributed by atoms with Crippen LogP contribution in [0.3, 0.4) is 0 Å². The van der Waals surface area contributed by atoms with Crippen LogP contribution in [0.4, 0.5) is 13.2 Å². The Morgan fingerprint density at radius 1 is 1.43 bits per heavy atom. The molecule has 1 N–H and O–H groups in total. The first-order chi connectivity index (χ1) is 9.36. The first-order valence-electron chi connectivity index (χ1n) is 5.84. The highest BCUT2D eigenvalue weighted by atomic mass is 32.2. The number of nitrogens with zero attached hydrogens (tertiary/aromatic N) is 2. The van der Waals surface area contributed by atoms with Crippen LogP contribution in [0.15, 0.2) is 17.2 Å². The number of alkyl halides is 3. The van der Waals surface area contributed by atoms with Crippen LogP contribution < -0.4 is 0 Å². The number of carbonyl (C=O) groups is 1. The van der Waals surface area contributed by atoms with Gasteiger partial charge in [-0.15, -0.1) is 0 Å². The summed E-state index contributed by atoms with van der Waals surface area (Å²) >= 11 is 0. The molecule has 1 aromatic rings. The van der Waals surface area contributed by atoms with E-state index in [1.165, 1.54) is 4.57 Å². The zero-order valence-corrected chi connectivity index (χ0v) is 12.4. The summed E-state index contributed by atoms with van der Waals surface area (Å²) in [7, 11) is -3.62. The van der Waals surface area contributed by atoms with E-state index >= 15 is 0 Å². The van der Waals surface area contributed by atoms with Gasteiger partial charge in [0.15, 0.2) is 0 Å². The molecule has 1 rings (SSSR count). The van der Waals surface area contributed by atoms with E-state index in [0.29, 0.717) is 0 Å². The van der Waals surface area contributed by atoms with E-state index in [9.17, 15) is 26.4 Å². The van der Waals surface area contributed by atoms with Gasteiger partial charge in [-0.05, 0) is 19.9 Å². The highest BCUT2D eigenvalue weighted by Crippen LogP contribution is 2.24. The summed E-state index contributed by atoms with van der Waals surface area (Å²) in [6.45, 7) is 1.61. The van der Waals surface area contributed by atoms with Crippen LogP contribution in [0.25, 0.3) is 0 Å². The van der Waals surface area contributed by atoms with Crippen molar-refractivity contribution in [1.29, 1.82) is 0 Å². The lowest BCUT2D eigenvalue weighted by molar-refractivity contribution is -0.134. The van der Waals surface area contributed by atoms with Crippen LogP contribution in [-0.4, -0.2) is 48.1 Å². The number of aromatic carboxylic acids is 1. The summed E-state index contributed by atoms with van der Waals surface area (Å²) in [4.78, 5) is 10.6. The fraction of sp³-hybridized carbons (Fsp3) is 0.545. The number of carboxylic acids is 1. The van der Waals surface area contributed by atoms with Crippen LogP contribution in [0.5, 0.6) is 0 Å². The lowest BCUT2D eigenvalue weighted by atomic mass is 10.3. The predicted molar refractivity (Wildman–Crippen MR) is 67.6 cm³/mol. The third-order valence-electron chi connectivity index (χ3n) is 2.71. The molecule has 10 heteroatoms. The first kappa shape index (κ1) is 17.5. The van der Waals surface area contributed by atoms with Crippen LogP contribution in [0.1, 0.15) is 30.4 Å². The van der Waals surface area contributed by atoms with Gasteiger partial charge < -0.3 is 9.67 Å². The SMILES string of the molecule is CC(C)n1cc(S(=O)(=O)N(C)CC(F)(F)F)cc1C(=O)O. The Morgan fingerprint density at radius 3 is 2.29 bits per heavy atom. The average Bonchev–Trinajstić information content (AvgIpc) is 2.71. The van der Waals surface area contributed by atoms with E-state index in [-0.39, 0.29) is 16.0 Å². The third-order valence-corrected chi connectivity index (χ3v) is 4.48. The Bertz CT molecular complexity index is 634. The van der Waals surface area contributed by atoms with E-state index in [4.69, 9.17) is 5.11 Å². The molecule has 1 aromatic heterocycles. The van der Waals surface area contributed by atoms with E-state index in [0.717, 1.165) is 19.3 Å². The molecule has 0 aliphatic rings. The minimum Gasteiger partial charge on any atom is -0.477 e. The number of hydrogen-bond donors (Lipinski definition) is 1. The first-order valence-corrected chi connectivity index (χ1v) is 7.28. The highest BCUT2D eigenvalue weighted by Gasteiger charge is 2.35. The van der Waals surface area contributed by atoms with Crippen molar-refractivity contribution >= 4 is 16.0 Å². The summed E-state index contributed by atoms with van der Waals surface area (Å²) in [5.41, 5.74) is -0.302. The monoisotopic (exact) mass is 328 g/mol. The van der Waals surface area contributed by atoms with Gasteiger partial charge in [0.2, 0.25) is 10.0 Å². The molecule has 6 nitrogen and oxygen atoms in total. The van der Waals surface area contributed by atoms with E-state index in [1.807, 2.05) is 0 Å². The fourth-order valence-electron chi connectivity index (χ4n) is 1.71. The van der Waals surface area contributed by atoms with Gasteiger partial charge in [-0.3, -0.25) is 0 Å². The van der Waals surface area contributed by atoms with Crippen molar-refractivity contribution < 1.29 is 31.5 Å². The van der Waals surface area contributed by atoms with Crippen LogP contribution in [0.2, 0.25) is 0 Å². The Labute approximate surface area is 119 Å². The van der Waals surface area contributed by atoms with Gasteiger partial charge in [-0.1, -0.05) is 0 Å².